The van der Waals surface area contributed by atoms with Crippen molar-refractivity contribution in [2.45, 2.75) is 6.42 Å². The minimum atomic E-state index is 0.416. The molecule has 2 heterocycles. The fourth-order valence-corrected chi connectivity index (χ4v) is 2.23. The predicted octanol–water partition coefficient (Wildman–Crippen LogP) is 2.28. The SMILES string of the molecule is CNc1c(Cl)ncnc1NCCc1nccs1. The number of halogens is 1. The molecule has 0 radical (unpaired) electrons. The van der Waals surface area contributed by atoms with Crippen molar-refractivity contribution in [1.82, 2.24) is 15.0 Å². The van der Waals surface area contributed by atoms with Gasteiger partial charge in [0.2, 0.25) is 0 Å². The van der Waals surface area contributed by atoms with Crippen molar-refractivity contribution in [2.24, 2.45) is 0 Å². The van der Waals surface area contributed by atoms with Gasteiger partial charge in [0.15, 0.2) is 11.0 Å². The van der Waals surface area contributed by atoms with Gasteiger partial charge in [-0.3, -0.25) is 0 Å². The fraction of sp³-hybridized carbons (Fsp3) is 0.300. The third-order valence-corrected chi connectivity index (χ3v) is 3.29. The second-order valence-electron chi connectivity index (χ2n) is 3.24. The van der Waals surface area contributed by atoms with Gasteiger partial charge < -0.3 is 10.6 Å². The van der Waals surface area contributed by atoms with Crippen LogP contribution in [0.2, 0.25) is 5.15 Å². The molecular weight excluding hydrogens is 258 g/mol. The Labute approximate surface area is 108 Å². The maximum Gasteiger partial charge on any atom is 0.157 e. The molecule has 7 heteroatoms. The molecule has 0 saturated heterocycles. The summed E-state index contributed by atoms with van der Waals surface area (Å²) in [5, 5.41) is 9.67. The van der Waals surface area contributed by atoms with Crippen molar-refractivity contribution in [2.75, 3.05) is 24.2 Å². The zero-order valence-corrected chi connectivity index (χ0v) is 10.8. The Morgan fingerprint density at radius 2 is 2.24 bits per heavy atom. The predicted molar refractivity (Wildman–Crippen MR) is 70.9 cm³/mol. The molecule has 0 aromatic carbocycles. The summed E-state index contributed by atoms with van der Waals surface area (Å²) in [5.41, 5.74) is 0.716. The average molecular weight is 270 g/mol. The van der Waals surface area contributed by atoms with Gasteiger partial charge >= 0.3 is 0 Å². The number of anilines is 2. The molecule has 0 aliphatic rings. The summed E-state index contributed by atoms with van der Waals surface area (Å²) < 4.78 is 0. The molecule has 0 amide bonds. The summed E-state index contributed by atoms with van der Waals surface area (Å²) in [6, 6.07) is 0. The molecule has 0 aliphatic carbocycles. The Morgan fingerprint density at radius 3 is 2.94 bits per heavy atom. The third-order valence-electron chi connectivity index (χ3n) is 2.17. The molecule has 17 heavy (non-hydrogen) atoms. The van der Waals surface area contributed by atoms with E-state index in [1.54, 1.807) is 24.6 Å². The molecule has 0 fully saturated rings. The number of nitrogens with one attached hydrogen (secondary N) is 2. The van der Waals surface area contributed by atoms with Gasteiger partial charge in [-0.25, -0.2) is 15.0 Å². The molecule has 0 atom stereocenters. The zero-order chi connectivity index (χ0) is 12.1. The molecular formula is C10H12ClN5S. The van der Waals surface area contributed by atoms with Crippen LogP contribution >= 0.6 is 22.9 Å². The lowest BCUT2D eigenvalue weighted by Gasteiger charge is -2.10. The van der Waals surface area contributed by atoms with E-state index in [4.69, 9.17) is 11.6 Å². The van der Waals surface area contributed by atoms with Gasteiger partial charge in [-0.15, -0.1) is 11.3 Å². The van der Waals surface area contributed by atoms with Crippen LogP contribution in [0.5, 0.6) is 0 Å². The Balaban J connectivity index is 1.97. The topological polar surface area (TPSA) is 62.7 Å². The van der Waals surface area contributed by atoms with E-state index >= 15 is 0 Å². The second-order valence-corrected chi connectivity index (χ2v) is 4.58. The number of nitrogens with zero attached hydrogens (tertiary/aromatic N) is 3. The zero-order valence-electron chi connectivity index (χ0n) is 9.27. The van der Waals surface area contributed by atoms with Gasteiger partial charge in [-0.05, 0) is 0 Å². The van der Waals surface area contributed by atoms with Crippen LogP contribution in [0.1, 0.15) is 5.01 Å². The van der Waals surface area contributed by atoms with Crippen molar-refractivity contribution in [3.8, 4) is 0 Å². The maximum atomic E-state index is 5.94. The first-order valence-electron chi connectivity index (χ1n) is 5.11. The molecule has 0 saturated carbocycles. The highest BCUT2D eigenvalue weighted by molar-refractivity contribution is 7.09. The minimum Gasteiger partial charge on any atom is -0.383 e. The van der Waals surface area contributed by atoms with E-state index in [1.165, 1.54) is 6.33 Å². The average Bonchev–Trinajstić information content (AvgIpc) is 2.82. The van der Waals surface area contributed by atoms with Crippen LogP contribution in [0.15, 0.2) is 17.9 Å². The molecule has 2 aromatic heterocycles. The second kappa shape index (κ2) is 5.79. The molecule has 5 nitrogen and oxygen atoms in total. The number of hydrogen-bond donors (Lipinski definition) is 2. The van der Waals surface area contributed by atoms with Crippen molar-refractivity contribution >= 4 is 34.4 Å². The van der Waals surface area contributed by atoms with E-state index in [-0.39, 0.29) is 0 Å². The molecule has 0 bridgehead atoms. The molecule has 0 unspecified atom stereocenters. The fourth-order valence-electron chi connectivity index (χ4n) is 1.38. The number of hydrogen-bond acceptors (Lipinski definition) is 6. The van der Waals surface area contributed by atoms with E-state index in [1.807, 2.05) is 5.38 Å². The summed E-state index contributed by atoms with van der Waals surface area (Å²) >= 11 is 7.59. The molecule has 90 valence electrons. The normalized spacial score (nSPS) is 10.2. The van der Waals surface area contributed by atoms with E-state index in [2.05, 4.69) is 25.6 Å². The summed E-state index contributed by atoms with van der Waals surface area (Å²) in [7, 11) is 1.79. The Bertz CT molecular complexity index is 474. The monoisotopic (exact) mass is 269 g/mol. The largest absolute Gasteiger partial charge is 0.383 e. The third kappa shape index (κ3) is 3.04. The number of thiazole rings is 1. The first-order valence-corrected chi connectivity index (χ1v) is 6.37. The lowest BCUT2D eigenvalue weighted by atomic mass is 10.4. The van der Waals surface area contributed by atoms with Crippen LogP contribution in [-0.4, -0.2) is 28.5 Å². The first kappa shape index (κ1) is 12.1. The molecule has 2 N–H and O–H groups in total. The summed E-state index contributed by atoms with van der Waals surface area (Å²) in [5.74, 6) is 0.712. The van der Waals surface area contributed by atoms with Crippen molar-refractivity contribution < 1.29 is 0 Å². The Kier molecular flexibility index (Phi) is 4.11. The van der Waals surface area contributed by atoms with Crippen LogP contribution in [-0.2, 0) is 6.42 Å². The van der Waals surface area contributed by atoms with E-state index < -0.39 is 0 Å². The first-order chi connectivity index (χ1) is 8.31. The summed E-state index contributed by atoms with van der Waals surface area (Å²) in [6.07, 6.45) is 4.11. The van der Waals surface area contributed by atoms with Gasteiger partial charge in [0.1, 0.15) is 12.0 Å². The summed E-state index contributed by atoms with van der Waals surface area (Å²) in [4.78, 5) is 12.3. The van der Waals surface area contributed by atoms with Gasteiger partial charge in [0.25, 0.3) is 0 Å². The number of rotatable bonds is 5. The molecule has 0 spiro atoms. The van der Waals surface area contributed by atoms with Gasteiger partial charge in [-0.2, -0.15) is 0 Å². The minimum absolute atomic E-state index is 0.416. The highest BCUT2D eigenvalue weighted by Crippen LogP contribution is 2.25. The van der Waals surface area contributed by atoms with Gasteiger partial charge in [0.05, 0.1) is 5.01 Å². The van der Waals surface area contributed by atoms with Gasteiger partial charge in [-0.1, -0.05) is 11.6 Å². The molecule has 0 aliphatic heterocycles. The van der Waals surface area contributed by atoms with Crippen molar-refractivity contribution in [3.63, 3.8) is 0 Å². The van der Waals surface area contributed by atoms with E-state index in [0.717, 1.165) is 18.0 Å². The standard InChI is InChI=1S/C10H12ClN5S/c1-12-8-9(11)15-6-16-10(8)14-3-2-7-13-4-5-17-7/h4-6,12H,2-3H2,1H3,(H,14,15,16). The maximum absolute atomic E-state index is 5.94. The van der Waals surface area contributed by atoms with Crippen LogP contribution in [0.4, 0.5) is 11.5 Å². The smallest absolute Gasteiger partial charge is 0.157 e. The lowest BCUT2D eigenvalue weighted by Crippen LogP contribution is -2.09. The quantitative estimate of drug-likeness (QED) is 0.816. The van der Waals surface area contributed by atoms with Crippen molar-refractivity contribution in [3.05, 3.63) is 28.1 Å². The Hall–Kier alpha value is -1.40. The van der Waals surface area contributed by atoms with E-state index in [9.17, 15) is 0 Å². The highest BCUT2D eigenvalue weighted by atomic mass is 35.5. The summed E-state index contributed by atoms with van der Waals surface area (Å²) in [6.45, 7) is 0.759. The molecule has 2 rings (SSSR count). The van der Waals surface area contributed by atoms with Crippen LogP contribution < -0.4 is 10.6 Å². The van der Waals surface area contributed by atoms with E-state index in [0.29, 0.717) is 16.7 Å². The van der Waals surface area contributed by atoms with Crippen molar-refractivity contribution in [1.29, 1.82) is 0 Å². The molecule has 2 aromatic rings. The highest BCUT2D eigenvalue weighted by Gasteiger charge is 2.07. The van der Waals surface area contributed by atoms with Crippen LogP contribution in [0, 0.1) is 0 Å². The van der Waals surface area contributed by atoms with Crippen LogP contribution in [0.3, 0.4) is 0 Å². The Morgan fingerprint density at radius 1 is 1.35 bits per heavy atom. The number of aromatic nitrogens is 3. The lowest BCUT2D eigenvalue weighted by molar-refractivity contribution is 0.982. The van der Waals surface area contributed by atoms with Gasteiger partial charge in [0, 0.05) is 31.6 Å². The van der Waals surface area contributed by atoms with Crippen LogP contribution in [0.25, 0.3) is 0 Å².